The number of hydrogen-bond acceptors (Lipinski definition) is 5. The second-order valence-corrected chi connectivity index (χ2v) is 16.5. The molecule has 1 amide bonds. The van der Waals surface area contributed by atoms with Crippen molar-refractivity contribution in [3.8, 4) is 0 Å². The van der Waals surface area contributed by atoms with Gasteiger partial charge in [0.1, 0.15) is 6.10 Å². The van der Waals surface area contributed by atoms with Gasteiger partial charge in [-0.05, 0) is 76.7 Å². The van der Waals surface area contributed by atoms with E-state index in [0.29, 0.717) is 19.3 Å². The minimum atomic E-state index is -0.823. The SMILES string of the molecule is CC/C=C\C/C=C\C/C=C\C/C=C\C/C=C\CCCC(=O)OC(/C=C/C/C=C\CCCCCCCC)CC(=O)NC(CO)C(O)CCCCCCCCCCCCCCC. The van der Waals surface area contributed by atoms with Crippen LogP contribution >= 0.6 is 0 Å². The van der Waals surface area contributed by atoms with E-state index in [9.17, 15) is 19.8 Å². The number of allylic oxidation sites excluding steroid dienone is 13. The summed E-state index contributed by atoms with van der Waals surface area (Å²) in [7, 11) is 0. The molecule has 0 spiro atoms. The summed E-state index contributed by atoms with van der Waals surface area (Å²) in [5, 5.41) is 23.6. The normalized spacial score (nSPS) is 14.0. The van der Waals surface area contributed by atoms with E-state index in [-0.39, 0.29) is 31.3 Å². The summed E-state index contributed by atoms with van der Waals surface area (Å²) in [5.74, 6) is -0.678. The summed E-state index contributed by atoms with van der Waals surface area (Å²) in [4.78, 5) is 26.0. The molecule has 0 rings (SSSR count). The first-order chi connectivity index (χ1) is 29.5. The van der Waals surface area contributed by atoms with Crippen molar-refractivity contribution >= 4 is 11.9 Å². The number of ether oxygens (including phenoxy) is 1. The largest absolute Gasteiger partial charge is 0.458 e. The molecule has 6 heteroatoms. The standard InChI is InChI=1S/C54H93NO5/c1-4-7-10-13-16-19-22-24-25-26-27-29-32-35-38-41-44-47-54(59)60-50(45-42-39-36-33-30-21-18-15-12-9-6-3)48-53(58)55-51(49-56)52(57)46-43-40-37-34-31-28-23-20-17-14-11-8-5-2/h7,10,16,19,24-25,27,29,33,35-36,38,42,45,50-52,56-57H,4-6,8-9,11-15,17-18,20-23,26,28,30-32,34,37,39-41,43-44,46-49H2,1-3H3,(H,55,58)/b10-7-,19-16-,25-24-,29-27-,36-33-,38-35-,45-42+. The molecule has 0 bridgehead atoms. The third-order valence-electron chi connectivity index (χ3n) is 10.7. The highest BCUT2D eigenvalue weighted by molar-refractivity contribution is 5.78. The monoisotopic (exact) mass is 836 g/mol. The van der Waals surface area contributed by atoms with Crippen molar-refractivity contribution < 1.29 is 24.5 Å². The van der Waals surface area contributed by atoms with Gasteiger partial charge in [0.05, 0.1) is 25.2 Å². The average molecular weight is 836 g/mol. The lowest BCUT2D eigenvalue weighted by Gasteiger charge is -2.23. The minimum Gasteiger partial charge on any atom is -0.458 e. The van der Waals surface area contributed by atoms with Gasteiger partial charge in [-0.15, -0.1) is 0 Å². The molecule has 3 N–H and O–H groups in total. The number of unbranched alkanes of at least 4 members (excludes halogenated alkanes) is 19. The van der Waals surface area contributed by atoms with Gasteiger partial charge in [-0.2, -0.15) is 0 Å². The van der Waals surface area contributed by atoms with Crippen LogP contribution in [0.3, 0.4) is 0 Å². The van der Waals surface area contributed by atoms with Crippen molar-refractivity contribution in [1.29, 1.82) is 0 Å². The topological polar surface area (TPSA) is 95.9 Å². The van der Waals surface area contributed by atoms with E-state index in [1.807, 2.05) is 6.08 Å². The van der Waals surface area contributed by atoms with Crippen LogP contribution in [0.5, 0.6) is 0 Å². The highest BCUT2D eigenvalue weighted by atomic mass is 16.5. The van der Waals surface area contributed by atoms with Crippen LogP contribution in [0, 0.1) is 0 Å². The summed E-state index contributed by atoms with van der Waals surface area (Å²) in [6.07, 6.45) is 61.0. The molecule has 0 aromatic rings. The fraction of sp³-hybridized carbons (Fsp3) is 0.704. The maximum absolute atomic E-state index is 13.1. The van der Waals surface area contributed by atoms with Crippen molar-refractivity contribution in [2.45, 2.75) is 238 Å². The van der Waals surface area contributed by atoms with Crippen LogP contribution in [0.15, 0.2) is 85.1 Å². The number of aliphatic hydroxyl groups is 2. The Morgan fingerprint density at radius 3 is 1.42 bits per heavy atom. The third kappa shape index (κ3) is 41.8. The lowest BCUT2D eigenvalue weighted by molar-refractivity contribution is -0.148. The number of nitrogens with one attached hydrogen (secondary N) is 1. The highest BCUT2D eigenvalue weighted by Crippen LogP contribution is 2.15. The van der Waals surface area contributed by atoms with Crippen LogP contribution < -0.4 is 5.32 Å². The van der Waals surface area contributed by atoms with Crippen molar-refractivity contribution in [2.75, 3.05) is 6.61 Å². The smallest absolute Gasteiger partial charge is 0.306 e. The number of amides is 1. The van der Waals surface area contributed by atoms with Gasteiger partial charge < -0.3 is 20.3 Å². The first kappa shape index (κ1) is 57.0. The number of hydrogen-bond donors (Lipinski definition) is 3. The Labute approximate surface area is 370 Å². The number of carbonyl (C=O) groups is 2. The zero-order chi connectivity index (χ0) is 43.8. The van der Waals surface area contributed by atoms with Crippen LogP contribution in [-0.4, -0.2) is 46.9 Å². The molecule has 0 radical (unpaired) electrons. The summed E-state index contributed by atoms with van der Waals surface area (Å²) in [6.45, 7) is 6.30. The quantitative estimate of drug-likeness (QED) is 0.0323. The molecule has 0 aromatic carbocycles. The molecule has 344 valence electrons. The van der Waals surface area contributed by atoms with Crippen molar-refractivity contribution in [3.05, 3.63) is 85.1 Å². The van der Waals surface area contributed by atoms with Gasteiger partial charge in [-0.1, -0.05) is 215 Å². The second-order valence-electron chi connectivity index (χ2n) is 16.5. The van der Waals surface area contributed by atoms with Gasteiger partial charge in [0, 0.05) is 6.42 Å². The van der Waals surface area contributed by atoms with E-state index < -0.39 is 18.2 Å². The Bertz CT molecular complexity index is 1160. The van der Waals surface area contributed by atoms with E-state index in [2.05, 4.69) is 99.0 Å². The van der Waals surface area contributed by atoms with E-state index in [4.69, 9.17) is 4.74 Å². The first-order valence-electron chi connectivity index (χ1n) is 24.8. The maximum Gasteiger partial charge on any atom is 0.306 e. The Balaban J connectivity index is 4.73. The second kappa shape index (κ2) is 47.1. The van der Waals surface area contributed by atoms with Gasteiger partial charge in [0.2, 0.25) is 5.91 Å². The lowest BCUT2D eigenvalue weighted by Crippen LogP contribution is -2.46. The number of esters is 1. The predicted molar refractivity (Wildman–Crippen MR) is 259 cm³/mol. The van der Waals surface area contributed by atoms with E-state index >= 15 is 0 Å². The van der Waals surface area contributed by atoms with Gasteiger partial charge in [0.25, 0.3) is 0 Å². The molecular weight excluding hydrogens is 743 g/mol. The molecule has 60 heavy (non-hydrogen) atoms. The van der Waals surface area contributed by atoms with Crippen molar-refractivity contribution in [3.63, 3.8) is 0 Å². The molecule has 0 saturated carbocycles. The zero-order valence-corrected chi connectivity index (χ0v) is 39.1. The fourth-order valence-electron chi connectivity index (χ4n) is 6.96. The molecule has 3 unspecified atom stereocenters. The van der Waals surface area contributed by atoms with Crippen molar-refractivity contribution in [2.24, 2.45) is 0 Å². The van der Waals surface area contributed by atoms with Gasteiger partial charge in [0.15, 0.2) is 0 Å². The van der Waals surface area contributed by atoms with E-state index in [0.717, 1.165) is 64.2 Å². The Kier molecular flexibility index (Phi) is 44.8. The number of aliphatic hydroxyl groups excluding tert-OH is 2. The molecule has 0 aliphatic heterocycles. The Morgan fingerprint density at radius 1 is 0.517 bits per heavy atom. The summed E-state index contributed by atoms with van der Waals surface area (Å²) >= 11 is 0. The number of rotatable bonds is 43. The van der Waals surface area contributed by atoms with Crippen LogP contribution in [0.25, 0.3) is 0 Å². The molecule has 0 aromatic heterocycles. The summed E-state index contributed by atoms with van der Waals surface area (Å²) < 4.78 is 5.79. The summed E-state index contributed by atoms with van der Waals surface area (Å²) in [5.41, 5.74) is 0. The van der Waals surface area contributed by atoms with Gasteiger partial charge in [-0.3, -0.25) is 9.59 Å². The van der Waals surface area contributed by atoms with E-state index in [1.54, 1.807) is 6.08 Å². The van der Waals surface area contributed by atoms with Crippen LogP contribution in [0.4, 0.5) is 0 Å². The molecule has 0 aliphatic carbocycles. The molecule has 6 nitrogen and oxygen atoms in total. The van der Waals surface area contributed by atoms with Crippen LogP contribution in [0.1, 0.15) is 220 Å². The molecular formula is C54H93NO5. The van der Waals surface area contributed by atoms with Gasteiger partial charge >= 0.3 is 5.97 Å². The number of carbonyl (C=O) groups excluding carboxylic acids is 2. The molecule has 0 saturated heterocycles. The lowest BCUT2D eigenvalue weighted by atomic mass is 10.0. The average Bonchev–Trinajstić information content (AvgIpc) is 3.24. The van der Waals surface area contributed by atoms with Crippen LogP contribution in [0.2, 0.25) is 0 Å². The van der Waals surface area contributed by atoms with E-state index in [1.165, 1.54) is 103 Å². The third-order valence-corrected chi connectivity index (χ3v) is 10.7. The molecule has 0 aliphatic rings. The predicted octanol–water partition coefficient (Wildman–Crippen LogP) is 14.8. The highest BCUT2D eigenvalue weighted by Gasteiger charge is 2.23. The van der Waals surface area contributed by atoms with Gasteiger partial charge in [-0.25, -0.2) is 0 Å². The fourth-order valence-corrected chi connectivity index (χ4v) is 6.96. The first-order valence-corrected chi connectivity index (χ1v) is 24.8. The summed E-state index contributed by atoms with van der Waals surface area (Å²) in [6, 6.07) is -0.747. The minimum absolute atomic E-state index is 0.0551. The molecule has 0 heterocycles. The van der Waals surface area contributed by atoms with Crippen molar-refractivity contribution in [1.82, 2.24) is 5.32 Å². The molecule has 3 atom stereocenters. The maximum atomic E-state index is 13.1. The Hall–Kier alpha value is -2.96. The zero-order valence-electron chi connectivity index (χ0n) is 39.1. The van der Waals surface area contributed by atoms with Crippen LogP contribution in [-0.2, 0) is 14.3 Å². The Morgan fingerprint density at radius 2 is 0.933 bits per heavy atom. The molecule has 0 fully saturated rings.